The number of aryl methyl sites for hydroxylation is 1. The normalized spacial score (nSPS) is 19.7. The van der Waals surface area contributed by atoms with Crippen LogP contribution in [0.2, 0.25) is 0 Å². The van der Waals surface area contributed by atoms with Gasteiger partial charge in [-0.3, -0.25) is 4.79 Å². The van der Waals surface area contributed by atoms with E-state index in [0.717, 1.165) is 31.0 Å². The number of carbonyl (C=O) groups excluding carboxylic acids is 1. The van der Waals surface area contributed by atoms with Gasteiger partial charge in [0, 0.05) is 17.9 Å². The Bertz CT molecular complexity index is 702. The van der Waals surface area contributed by atoms with Crippen molar-refractivity contribution in [3.8, 4) is 0 Å². The number of hydrogen-bond donors (Lipinski definition) is 1. The topological polar surface area (TPSA) is 59.8 Å². The average molecular weight is 328 g/mol. The lowest BCUT2D eigenvalue weighted by molar-refractivity contribution is -0.120. The van der Waals surface area contributed by atoms with Crippen molar-refractivity contribution >= 4 is 17.7 Å². The first kappa shape index (κ1) is 14.8. The number of aromatic nitrogens is 3. The van der Waals surface area contributed by atoms with E-state index in [1.807, 2.05) is 12.1 Å². The van der Waals surface area contributed by atoms with E-state index < -0.39 is 0 Å². The molecule has 3 heterocycles. The van der Waals surface area contributed by atoms with Gasteiger partial charge >= 0.3 is 0 Å². The summed E-state index contributed by atoms with van der Waals surface area (Å²) in [6.07, 6.45) is 5.40. The van der Waals surface area contributed by atoms with Gasteiger partial charge in [0.2, 0.25) is 5.91 Å². The molecule has 0 spiro atoms. The van der Waals surface area contributed by atoms with Crippen LogP contribution in [-0.4, -0.2) is 25.9 Å². The number of hydrogen-bond acceptors (Lipinski definition) is 4. The Hall–Kier alpha value is -1.82. The molecule has 1 N–H and O–H groups in total. The molecule has 4 rings (SSSR count). The van der Waals surface area contributed by atoms with E-state index in [-0.39, 0.29) is 11.2 Å². The maximum atomic E-state index is 12.5. The van der Waals surface area contributed by atoms with Crippen molar-refractivity contribution in [2.75, 3.05) is 0 Å². The van der Waals surface area contributed by atoms with Gasteiger partial charge in [0.15, 0.2) is 5.82 Å². The third-order valence-corrected chi connectivity index (χ3v) is 5.86. The molecule has 2 aliphatic rings. The van der Waals surface area contributed by atoms with Crippen LogP contribution in [0, 0.1) is 0 Å². The van der Waals surface area contributed by atoms with Crippen molar-refractivity contribution in [2.24, 2.45) is 0 Å². The van der Waals surface area contributed by atoms with Crippen molar-refractivity contribution < 1.29 is 4.79 Å². The standard InChI is InChI=1S/C17H20N4OS/c22-17(14-10-12-6-3-4-7-13(12)23-14)18-11-16-20-19-15-8-2-1-5-9-21(15)16/h3-4,6-7,14H,1-2,5,8-11H2,(H,18,22). The summed E-state index contributed by atoms with van der Waals surface area (Å²) >= 11 is 1.66. The Kier molecular flexibility index (Phi) is 4.08. The predicted octanol–water partition coefficient (Wildman–Crippen LogP) is 2.34. The molecule has 1 atom stereocenters. The number of thioether (sulfide) groups is 1. The summed E-state index contributed by atoms with van der Waals surface area (Å²) in [5.41, 5.74) is 1.27. The van der Waals surface area contributed by atoms with Crippen LogP contribution in [0.25, 0.3) is 0 Å². The summed E-state index contributed by atoms with van der Waals surface area (Å²) in [7, 11) is 0. The van der Waals surface area contributed by atoms with Crippen molar-refractivity contribution in [1.29, 1.82) is 0 Å². The van der Waals surface area contributed by atoms with Gasteiger partial charge in [-0.05, 0) is 30.9 Å². The van der Waals surface area contributed by atoms with Crippen LogP contribution in [0.4, 0.5) is 0 Å². The van der Waals surface area contributed by atoms with E-state index in [1.165, 1.54) is 29.7 Å². The van der Waals surface area contributed by atoms with Crippen LogP contribution in [0.1, 0.15) is 36.5 Å². The minimum absolute atomic E-state index is 0.0288. The maximum absolute atomic E-state index is 12.5. The Morgan fingerprint density at radius 2 is 2.17 bits per heavy atom. The molecule has 23 heavy (non-hydrogen) atoms. The molecule has 1 aromatic carbocycles. The fourth-order valence-corrected chi connectivity index (χ4v) is 4.50. The number of benzene rings is 1. The highest BCUT2D eigenvalue weighted by Crippen LogP contribution is 2.36. The van der Waals surface area contributed by atoms with Crippen LogP contribution in [0.5, 0.6) is 0 Å². The Labute approximate surface area is 139 Å². The molecule has 0 saturated heterocycles. The summed E-state index contributed by atoms with van der Waals surface area (Å²) in [6, 6.07) is 8.25. The van der Waals surface area contributed by atoms with Crippen molar-refractivity contribution in [1.82, 2.24) is 20.1 Å². The molecule has 2 aromatic rings. The fourth-order valence-electron chi connectivity index (χ4n) is 3.28. The highest BCUT2D eigenvalue weighted by atomic mass is 32.2. The van der Waals surface area contributed by atoms with E-state index in [9.17, 15) is 4.79 Å². The van der Waals surface area contributed by atoms with Gasteiger partial charge in [0.1, 0.15) is 5.82 Å². The third-order valence-electron chi connectivity index (χ3n) is 4.55. The molecule has 0 radical (unpaired) electrons. The molecule has 1 amide bonds. The molecule has 2 aliphatic heterocycles. The van der Waals surface area contributed by atoms with Crippen LogP contribution < -0.4 is 5.32 Å². The zero-order chi connectivity index (χ0) is 15.6. The summed E-state index contributed by atoms with van der Waals surface area (Å²) in [5, 5.41) is 11.6. The van der Waals surface area contributed by atoms with Crippen molar-refractivity contribution in [2.45, 2.75) is 55.3 Å². The van der Waals surface area contributed by atoms with E-state index >= 15 is 0 Å². The predicted molar refractivity (Wildman–Crippen MR) is 89.2 cm³/mol. The lowest BCUT2D eigenvalue weighted by Crippen LogP contribution is -2.33. The molecule has 6 heteroatoms. The highest BCUT2D eigenvalue weighted by Gasteiger charge is 2.28. The molecule has 0 aliphatic carbocycles. The van der Waals surface area contributed by atoms with Gasteiger partial charge in [-0.2, -0.15) is 0 Å². The summed E-state index contributed by atoms with van der Waals surface area (Å²) in [5.74, 6) is 2.04. The third kappa shape index (κ3) is 3.00. The Morgan fingerprint density at radius 3 is 3.09 bits per heavy atom. The monoisotopic (exact) mass is 328 g/mol. The van der Waals surface area contributed by atoms with Crippen LogP contribution in [0.3, 0.4) is 0 Å². The number of fused-ring (bicyclic) bond motifs is 2. The molecular weight excluding hydrogens is 308 g/mol. The number of nitrogens with one attached hydrogen (secondary N) is 1. The summed E-state index contributed by atoms with van der Waals surface area (Å²) in [4.78, 5) is 13.7. The highest BCUT2D eigenvalue weighted by molar-refractivity contribution is 8.01. The second kappa shape index (κ2) is 6.35. The second-order valence-electron chi connectivity index (χ2n) is 6.13. The minimum Gasteiger partial charge on any atom is -0.348 e. The quantitative estimate of drug-likeness (QED) is 0.939. The first-order valence-corrected chi connectivity index (χ1v) is 9.12. The van der Waals surface area contributed by atoms with Gasteiger partial charge < -0.3 is 9.88 Å². The zero-order valence-electron chi connectivity index (χ0n) is 13.0. The number of rotatable bonds is 3. The smallest absolute Gasteiger partial charge is 0.234 e. The number of carbonyl (C=O) groups is 1. The van der Waals surface area contributed by atoms with Crippen LogP contribution in [-0.2, 0) is 30.7 Å². The minimum atomic E-state index is -0.0288. The van der Waals surface area contributed by atoms with Gasteiger partial charge in [0.05, 0.1) is 11.8 Å². The maximum Gasteiger partial charge on any atom is 0.234 e. The van der Waals surface area contributed by atoms with Gasteiger partial charge in [-0.25, -0.2) is 0 Å². The molecule has 0 fully saturated rings. The van der Waals surface area contributed by atoms with Gasteiger partial charge in [0.25, 0.3) is 0 Å². The lowest BCUT2D eigenvalue weighted by atomic mass is 10.1. The van der Waals surface area contributed by atoms with E-state index in [2.05, 4.69) is 32.2 Å². The van der Waals surface area contributed by atoms with Crippen LogP contribution in [0.15, 0.2) is 29.2 Å². The first-order valence-electron chi connectivity index (χ1n) is 8.24. The van der Waals surface area contributed by atoms with Gasteiger partial charge in [-0.15, -0.1) is 22.0 Å². The van der Waals surface area contributed by atoms with Crippen LogP contribution >= 0.6 is 11.8 Å². The SMILES string of the molecule is O=C(NCc1nnc2n1CCCCC2)C1Cc2ccccc2S1. The van der Waals surface area contributed by atoms with E-state index in [1.54, 1.807) is 11.8 Å². The largest absolute Gasteiger partial charge is 0.348 e. The summed E-state index contributed by atoms with van der Waals surface area (Å²) < 4.78 is 2.18. The van der Waals surface area contributed by atoms with Crippen molar-refractivity contribution in [3.05, 3.63) is 41.5 Å². The fraction of sp³-hybridized carbons (Fsp3) is 0.471. The molecule has 0 bridgehead atoms. The Morgan fingerprint density at radius 1 is 1.26 bits per heavy atom. The van der Waals surface area contributed by atoms with Gasteiger partial charge in [-0.1, -0.05) is 24.6 Å². The zero-order valence-corrected chi connectivity index (χ0v) is 13.8. The molecule has 0 saturated carbocycles. The molecule has 1 unspecified atom stereocenters. The summed E-state index contributed by atoms with van der Waals surface area (Å²) in [6.45, 7) is 1.44. The molecule has 5 nitrogen and oxygen atoms in total. The van der Waals surface area contributed by atoms with E-state index in [4.69, 9.17) is 0 Å². The lowest BCUT2D eigenvalue weighted by Gasteiger charge is -2.11. The average Bonchev–Trinajstić information content (AvgIpc) is 3.10. The van der Waals surface area contributed by atoms with Crippen molar-refractivity contribution in [3.63, 3.8) is 0 Å². The number of nitrogens with zero attached hydrogens (tertiary/aromatic N) is 3. The van der Waals surface area contributed by atoms with E-state index in [0.29, 0.717) is 6.54 Å². The molecule has 1 aromatic heterocycles. The molecular formula is C17H20N4OS. The number of amides is 1. The first-order chi connectivity index (χ1) is 11.3. The second-order valence-corrected chi connectivity index (χ2v) is 7.38. The molecule has 120 valence electrons. The Balaban J connectivity index is 1.39.